The summed E-state index contributed by atoms with van der Waals surface area (Å²) in [5.74, 6) is 0.682. The van der Waals surface area contributed by atoms with Gasteiger partial charge in [0.05, 0.1) is 17.0 Å². The third-order valence-corrected chi connectivity index (χ3v) is 7.39. The fourth-order valence-corrected chi connectivity index (χ4v) is 5.83. The first-order valence-corrected chi connectivity index (χ1v) is 11.9. The van der Waals surface area contributed by atoms with Crippen LogP contribution in [-0.2, 0) is 17.6 Å². The van der Waals surface area contributed by atoms with Gasteiger partial charge in [-0.2, -0.15) is 0 Å². The zero-order valence-corrected chi connectivity index (χ0v) is 18.6. The lowest BCUT2D eigenvalue weighted by molar-refractivity contribution is -0.143. The van der Waals surface area contributed by atoms with E-state index >= 15 is 0 Å². The second kappa shape index (κ2) is 8.18. The third kappa shape index (κ3) is 3.90. The molecule has 2 aromatic rings. The highest BCUT2D eigenvalue weighted by atomic mass is 16.4. The van der Waals surface area contributed by atoms with Gasteiger partial charge in [0.15, 0.2) is 0 Å². The van der Waals surface area contributed by atoms with E-state index in [1.807, 2.05) is 0 Å². The normalized spacial score (nSPS) is 28.1. The van der Waals surface area contributed by atoms with Crippen LogP contribution in [0.2, 0.25) is 0 Å². The minimum Gasteiger partial charge on any atom is -0.481 e. The number of hydrogen-bond donors (Lipinski definition) is 2. The number of fused-ring (bicyclic) bond motifs is 3. The van der Waals surface area contributed by atoms with E-state index in [2.05, 4.69) is 54.1 Å². The van der Waals surface area contributed by atoms with E-state index in [9.17, 15) is 9.90 Å². The van der Waals surface area contributed by atoms with Crippen molar-refractivity contribution in [3.63, 3.8) is 0 Å². The molecular formula is C26H33N3O2. The van der Waals surface area contributed by atoms with Crippen LogP contribution in [0.4, 0.5) is 5.69 Å². The number of anilines is 1. The average Bonchev–Trinajstić information content (AvgIpc) is 3.11. The maximum Gasteiger partial charge on any atom is 0.306 e. The quantitative estimate of drug-likeness (QED) is 0.671. The van der Waals surface area contributed by atoms with Crippen molar-refractivity contribution in [3.05, 3.63) is 47.3 Å². The Morgan fingerprint density at radius 3 is 2.97 bits per heavy atom. The molecule has 2 N–H and O–H groups in total. The second-order valence-electron chi connectivity index (χ2n) is 9.81. The van der Waals surface area contributed by atoms with Gasteiger partial charge >= 0.3 is 5.97 Å². The Labute approximate surface area is 184 Å². The number of aliphatic carboxylic acids is 1. The number of hydrogen-bond acceptors (Lipinski definition) is 3. The molecule has 0 amide bonds. The molecule has 5 heteroatoms. The van der Waals surface area contributed by atoms with E-state index < -0.39 is 5.97 Å². The second-order valence-corrected chi connectivity index (χ2v) is 9.81. The molecule has 1 saturated carbocycles. The Morgan fingerprint density at radius 2 is 2.16 bits per heavy atom. The van der Waals surface area contributed by atoms with Gasteiger partial charge < -0.3 is 15.0 Å². The van der Waals surface area contributed by atoms with Gasteiger partial charge in [0.2, 0.25) is 0 Å². The first-order chi connectivity index (χ1) is 15.0. The van der Waals surface area contributed by atoms with Gasteiger partial charge in [-0.3, -0.25) is 4.79 Å². The molecule has 4 atom stereocenters. The van der Waals surface area contributed by atoms with Gasteiger partial charge in [-0.05, 0) is 70.4 Å². The van der Waals surface area contributed by atoms with Gasteiger partial charge in [0.1, 0.15) is 5.82 Å². The molecule has 164 valence electrons. The molecule has 2 heterocycles. The molecule has 0 spiro atoms. The fraction of sp³-hybridized carbons (Fsp3) is 0.538. The molecule has 0 saturated heterocycles. The van der Waals surface area contributed by atoms with Crippen LogP contribution >= 0.6 is 0 Å². The number of aryl methyl sites for hydroxylation is 1. The first kappa shape index (κ1) is 20.3. The first-order valence-electron chi connectivity index (χ1n) is 11.9. The van der Waals surface area contributed by atoms with Gasteiger partial charge in [-0.25, -0.2) is 4.98 Å². The average molecular weight is 420 g/mol. The van der Waals surface area contributed by atoms with E-state index in [1.54, 1.807) is 0 Å². The number of benzene rings is 1. The molecule has 1 fully saturated rings. The van der Waals surface area contributed by atoms with E-state index in [1.165, 1.54) is 22.3 Å². The lowest BCUT2D eigenvalue weighted by Gasteiger charge is -2.30. The summed E-state index contributed by atoms with van der Waals surface area (Å²) in [4.78, 5) is 17.0. The molecule has 5 rings (SSSR count). The predicted molar refractivity (Wildman–Crippen MR) is 124 cm³/mol. The van der Waals surface area contributed by atoms with E-state index in [0.29, 0.717) is 18.4 Å². The Morgan fingerprint density at radius 1 is 1.29 bits per heavy atom. The monoisotopic (exact) mass is 419 g/mol. The highest BCUT2D eigenvalue weighted by Crippen LogP contribution is 2.39. The molecule has 1 aromatic heterocycles. The summed E-state index contributed by atoms with van der Waals surface area (Å²) in [6.07, 6.45) is 14.4. The number of carbonyl (C=O) groups is 1. The molecular weight excluding hydrogens is 386 g/mol. The molecule has 2 unspecified atom stereocenters. The number of aromatic nitrogens is 2. The van der Waals surface area contributed by atoms with E-state index in [0.717, 1.165) is 56.3 Å². The zero-order chi connectivity index (χ0) is 21.5. The molecule has 1 aromatic carbocycles. The summed E-state index contributed by atoms with van der Waals surface area (Å²) in [6.45, 7) is 4.39. The number of rotatable bonds is 4. The van der Waals surface area contributed by atoms with Crippen LogP contribution in [0.5, 0.6) is 0 Å². The van der Waals surface area contributed by atoms with Crippen LogP contribution in [0.3, 0.4) is 0 Å². The minimum absolute atomic E-state index is 0.215. The van der Waals surface area contributed by atoms with E-state index in [-0.39, 0.29) is 12.0 Å². The van der Waals surface area contributed by atoms with Crippen molar-refractivity contribution < 1.29 is 9.90 Å². The Bertz CT molecular complexity index is 1060. The number of nitrogens with zero attached hydrogens (tertiary/aromatic N) is 2. The standard InChI is InChI=1S/C26H33N3O2/c1-16-5-3-6-18(13-16)14-24-28-25-21-10-9-17(2)27-22(21)11-12-23(25)29(24)20-8-4-7-19(15-20)26(30)31/h3,5,11-13,17-20,27H,4,6-10,14-15H2,1-2H3,(H,30,31)/t17-,18?,19?,20+/m0/s1. The van der Waals surface area contributed by atoms with Crippen LogP contribution in [0.1, 0.15) is 69.8 Å². The number of carboxylic acids is 1. The van der Waals surface area contributed by atoms with Gasteiger partial charge in [0.25, 0.3) is 0 Å². The molecule has 31 heavy (non-hydrogen) atoms. The lowest BCUT2D eigenvalue weighted by atomic mass is 9.85. The highest BCUT2D eigenvalue weighted by Gasteiger charge is 2.31. The Balaban J connectivity index is 1.59. The fourth-order valence-electron chi connectivity index (χ4n) is 5.83. The molecule has 0 bridgehead atoms. The Hall–Kier alpha value is -2.56. The summed E-state index contributed by atoms with van der Waals surface area (Å²) in [7, 11) is 0. The van der Waals surface area contributed by atoms with Crippen LogP contribution in [-0.4, -0.2) is 26.7 Å². The van der Waals surface area contributed by atoms with Crippen LogP contribution in [0.25, 0.3) is 11.0 Å². The molecule has 5 nitrogen and oxygen atoms in total. The van der Waals surface area contributed by atoms with Gasteiger partial charge in [-0.15, -0.1) is 0 Å². The topological polar surface area (TPSA) is 67.2 Å². The third-order valence-electron chi connectivity index (χ3n) is 7.39. The zero-order valence-electron chi connectivity index (χ0n) is 18.6. The summed E-state index contributed by atoms with van der Waals surface area (Å²) in [5, 5.41) is 13.3. The summed E-state index contributed by atoms with van der Waals surface area (Å²) in [6, 6.07) is 5.12. The van der Waals surface area contributed by atoms with Crippen LogP contribution in [0, 0.1) is 11.8 Å². The van der Waals surface area contributed by atoms with Gasteiger partial charge in [0, 0.05) is 29.8 Å². The highest BCUT2D eigenvalue weighted by molar-refractivity contribution is 5.86. The van der Waals surface area contributed by atoms with Crippen molar-refractivity contribution in [3.8, 4) is 0 Å². The van der Waals surface area contributed by atoms with Crippen molar-refractivity contribution in [2.24, 2.45) is 11.8 Å². The maximum atomic E-state index is 11.7. The maximum absolute atomic E-state index is 11.7. The van der Waals surface area contributed by atoms with Crippen molar-refractivity contribution in [1.82, 2.24) is 9.55 Å². The van der Waals surface area contributed by atoms with Crippen molar-refractivity contribution in [1.29, 1.82) is 0 Å². The lowest BCUT2D eigenvalue weighted by Crippen LogP contribution is -2.26. The van der Waals surface area contributed by atoms with Crippen molar-refractivity contribution in [2.45, 2.75) is 77.3 Å². The predicted octanol–water partition coefficient (Wildman–Crippen LogP) is 5.66. The SMILES string of the molecule is CC1=CC(Cc2nc3c4c(ccc3n2[C@@H]2CCCC(C(=O)O)C2)N[C@@H](C)CC4)CC=C1. The minimum atomic E-state index is -0.651. The van der Waals surface area contributed by atoms with E-state index in [4.69, 9.17) is 4.98 Å². The van der Waals surface area contributed by atoms with Crippen LogP contribution < -0.4 is 5.32 Å². The molecule has 1 aliphatic heterocycles. The number of nitrogens with one attached hydrogen (secondary N) is 1. The largest absolute Gasteiger partial charge is 0.481 e. The van der Waals surface area contributed by atoms with Gasteiger partial charge in [-0.1, -0.05) is 30.2 Å². The smallest absolute Gasteiger partial charge is 0.306 e. The summed E-state index contributed by atoms with van der Waals surface area (Å²) >= 11 is 0. The Kier molecular flexibility index (Phi) is 5.37. The number of imidazole rings is 1. The summed E-state index contributed by atoms with van der Waals surface area (Å²) in [5.41, 5.74) is 6.17. The van der Waals surface area contributed by atoms with Crippen LogP contribution in [0.15, 0.2) is 35.9 Å². The van der Waals surface area contributed by atoms with Crippen molar-refractivity contribution >= 4 is 22.7 Å². The molecule has 3 aliphatic rings. The summed E-state index contributed by atoms with van der Waals surface area (Å²) < 4.78 is 2.42. The molecule has 0 radical (unpaired) electrons. The number of allylic oxidation sites excluding steroid dienone is 4. The molecule has 2 aliphatic carbocycles. The number of carboxylic acid groups (broad SMARTS) is 1. The van der Waals surface area contributed by atoms with Crippen molar-refractivity contribution in [2.75, 3.05) is 5.32 Å².